The maximum atomic E-state index is 13.5. The summed E-state index contributed by atoms with van der Waals surface area (Å²) in [5.74, 6) is 0.639. The van der Waals surface area contributed by atoms with Crippen molar-refractivity contribution in [3.05, 3.63) is 53.2 Å². The van der Waals surface area contributed by atoms with Crippen LogP contribution in [0.3, 0.4) is 0 Å². The third kappa shape index (κ3) is 3.28. The van der Waals surface area contributed by atoms with E-state index in [9.17, 15) is 14.4 Å². The molecule has 1 fully saturated rings. The number of carbonyl (C=O) groups is 3. The summed E-state index contributed by atoms with van der Waals surface area (Å²) in [7, 11) is 0. The molecular formula is C23H22ClN3O4. The highest BCUT2D eigenvalue weighted by Crippen LogP contribution is 2.41. The lowest BCUT2D eigenvalue weighted by molar-refractivity contribution is -0.147. The number of amidine groups is 1. The van der Waals surface area contributed by atoms with Crippen molar-refractivity contribution >= 4 is 35.0 Å². The van der Waals surface area contributed by atoms with E-state index in [1.54, 1.807) is 53.3 Å². The fourth-order valence-electron chi connectivity index (χ4n) is 4.87. The Morgan fingerprint density at radius 2 is 1.94 bits per heavy atom. The summed E-state index contributed by atoms with van der Waals surface area (Å²) in [4.78, 5) is 46.1. The third-order valence-corrected chi connectivity index (χ3v) is 6.81. The molecule has 4 aliphatic rings. The maximum Gasteiger partial charge on any atom is 0.250 e. The Balaban J connectivity index is 1.33. The van der Waals surface area contributed by atoms with Crippen LogP contribution < -0.4 is 4.74 Å². The molecule has 0 saturated carbocycles. The minimum absolute atomic E-state index is 0.0134. The average Bonchev–Trinajstić information content (AvgIpc) is 2.74. The number of allylic oxidation sites excluding steroid dienone is 2. The molecule has 8 heteroatoms. The molecule has 0 aliphatic carbocycles. The Morgan fingerprint density at radius 1 is 1.16 bits per heavy atom. The topological polar surface area (TPSA) is 79.3 Å². The zero-order valence-corrected chi connectivity index (χ0v) is 17.9. The van der Waals surface area contributed by atoms with E-state index in [1.165, 1.54) is 0 Å². The lowest BCUT2D eigenvalue weighted by Gasteiger charge is -2.48. The molecule has 0 aromatic heterocycles. The van der Waals surface area contributed by atoms with Crippen LogP contribution in [0.2, 0.25) is 5.02 Å². The summed E-state index contributed by atoms with van der Waals surface area (Å²) >= 11 is 6.02. The second-order valence-corrected chi connectivity index (χ2v) is 9.14. The number of nitrogens with zero attached hydrogens (tertiary/aromatic N) is 3. The number of amides is 2. The van der Waals surface area contributed by atoms with Crippen LogP contribution in [0.5, 0.6) is 5.75 Å². The van der Waals surface area contributed by atoms with Crippen molar-refractivity contribution in [2.75, 3.05) is 13.1 Å². The molecule has 1 spiro atoms. The van der Waals surface area contributed by atoms with Crippen LogP contribution in [-0.4, -0.2) is 57.5 Å². The van der Waals surface area contributed by atoms with Crippen LogP contribution in [-0.2, 0) is 9.59 Å². The number of Topliss-reactive ketones (excluding diaryl/α,β-unsaturated/α-hetero) is 1. The number of rotatable bonds is 1. The molecule has 2 amide bonds. The standard InChI is InChI=1S/C23H22ClN3O4/c1-22(14-20(29)25-19-4-2-3-9-27(19)22)21(30)26-10-7-23(8-11-26)13-17(28)16-12-15(24)5-6-18(16)31-23/h2-6,9,12H,7-8,10-11,13-14H2,1H3. The molecular weight excluding hydrogens is 418 g/mol. The fourth-order valence-corrected chi connectivity index (χ4v) is 5.04. The van der Waals surface area contributed by atoms with Crippen LogP contribution >= 0.6 is 11.6 Å². The maximum absolute atomic E-state index is 13.5. The molecule has 1 saturated heterocycles. The van der Waals surface area contributed by atoms with E-state index in [0.717, 1.165) is 0 Å². The lowest BCUT2D eigenvalue weighted by atomic mass is 9.81. The van der Waals surface area contributed by atoms with Gasteiger partial charge in [-0.15, -0.1) is 0 Å². The van der Waals surface area contributed by atoms with Crippen LogP contribution in [0, 0.1) is 0 Å². The number of hydrogen-bond acceptors (Lipinski definition) is 5. The van der Waals surface area contributed by atoms with E-state index in [0.29, 0.717) is 48.1 Å². The molecule has 0 N–H and O–H groups in total. The monoisotopic (exact) mass is 439 g/mol. The number of benzene rings is 1. The first-order valence-corrected chi connectivity index (χ1v) is 10.7. The summed E-state index contributed by atoms with van der Waals surface area (Å²) in [6.45, 7) is 2.70. The summed E-state index contributed by atoms with van der Waals surface area (Å²) < 4.78 is 6.27. The summed E-state index contributed by atoms with van der Waals surface area (Å²) in [6, 6.07) is 5.09. The van der Waals surface area contributed by atoms with Gasteiger partial charge in [-0.2, -0.15) is 4.99 Å². The predicted molar refractivity (Wildman–Crippen MR) is 115 cm³/mol. The van der Waals surface area contributed by atoms with Crippen molar-refractivity contribution < 1.29 is 19.1 Å². The van der Waals surface area contributed by atoms with E-state index in [4.69, 9.17) is 16.3 Å². The number of hydrogen-bond donors (Lipinski definition) is 0. The number of carbonyl (C=O) groups excluding carboxylic acids is 3. The lowest BCUT2D eigenvalue weighted by Crippen LogP contribution is -2.63. The van der Waals surface area contributed by atoms with Crippen LogP contribution in [0.15, 0.2) is 47.6 Å². The molecule has 1 aromatic rings. The molecule has 1 aromatic carbocycles. The quantitative estimate of drug-likeness (QED) is 0.671. The smallest absolute Gasteiger partial charge is 0.250 e. The Bertz CT molecular complexity index is 1080. The van der Waals surface area contributed by atoms with Crippen molar-refractivity contribution in [3.63, 3.8) is 0 Å². The van der Waals surface area contributed by atoms with Gasteiger partial charge in [0.05, 0.1) is 18.4 Å². The van der Waals surface area contributed by atoms with Crippen molar-refractivity contribution in [3.8, 4) is 5.75 Å². The summed E-state index contributed by atoms with van der Waals surface area (Å²) in [6.07, 6.45) is 8.55. The molecule has 0 bridgehead atoms. The van der Waals surface area contributed by atoms with Crippen molar-refractivity contribution in [1.82, 2.24) is 9.80 Å². The van der Waals surface area contributed by atoms with Crippen molar-refractivity contribution in [1.29, 1.82) is 0 Å². The van der Waals surface area contributed by atoms with Crippen LogP contribution in [0.25, 0.3) is 0 Å². The molecule has 1 atom stereocenters. The molecule has 160 valence electrons. The summed E-state index contributed by atoms with van der Waals surface area (Å²) in [5, 5.41) is 0.506. The molecule has 4 aliphatic heterocycles. The molecule has 1 unspecified atom stereocenters. The second-order valence-electron chi connectivity index (χ2n) is 8.70. The van der Waals surface area contributed by atoms with E-state index >= 15 is 0 Å². The zero-order chi connectivity index (χ0) is 21.8. The normalized spacial score (nSPS) is 26.3. The fraction of sp³-hybridized carbons (Fsp3) is 0.391. The number of aliphatic imine (C=N–C) groups is 1. The van der Waals surface area contributed by atoms with E-state index < -0.39 is 11.1 Å². The third-order valence-electron chi connectivity index (χ3n) is 6.58. The van der Waals surface area contributed by atoms with Gasteiger partial charge in [-0.1, -0.05) is 17.7 Å². The number of halogens is 1. The summed E-state index contributed by atoms with van der Waals surface area (Å²) in [5.41, 5.74) is -1.12. The number of piperidine rings is 1. The Morgan fingerprint density at radius 3 is 2.71 bits per heavy atom. The van der Waals surface area contributed by atoms with Gasteiger partial charge >= 0.3 is 0 Å². The molecule has 31 heavy (non-hydrogen) atoms. The van der Waals surface area contributed by atoms with E-state index in [-0.39, 0.29) is 30.4 Å². The molecule has 4 heterocycles. The SMILES string of the molecule is CC1(C(=O)N2CCC3(CC2)CC(=O)c2cc(Cl)ccc2O3)CC(=O)N=C2C=CC=CN21. The Kier molecular flexibility index (Phi) is 4.55. The van der Waals surface area contributed by atoms with Gasteiger partial charge in [0.25, 0.3) is 5.91 Å². The Labute approximate surface area is 185 Å². The van der Waals surface area contributed by atoms with Crippen LogP contribution in [0.1, 0.15) is 43.0 Å². The van der Waals surface area contributed by atoms with Crippen LogP contribution in [0.4, 0.5) is 0 Å². The van der Waals surface area contributed by atoms with Gasteiger partial charge in [0, 0.05) is 37.2 Å². The minimum atomic E-state index is -1.02. The number of fused-ring (bicyclic) bond motifs is 2. The van der Waals surface area contributed by atoms with Gasteiger partial charge < -0.3 is 14.5 Å². The second kappa shape index (κ2) is 7.05. The highest BCUT2D eigenvalue weighted by Gasteiger charge is 2.50. The van der Waals surface area contributed by atoms with Gasteiger partial charge in [-0.3, -0.25) is 14.4 Å². The zero-order valence-electron chi connectivity index (χ0n) is 17.1. The van der Waals surface area contributed by atoms with Gasteiger partial charge in [0.15, 0.2) is 5.78 Å². The number of ketones is 1. The van der Waals surface area contributed by atoms with Crippen molar-refractivity contribution in [2.45, 2.75) is 43.7 Å². The molecule has 0 radical (unpaired) electrons. The van der Waals surface area contributed by atoms with E-state index in [1.807, 2.05) is 6.08 Å². The Hall–Kier alpha value is -2.93. The first kappa shape index (κ1) is 20.0. The first-order valence-electron chi connectivity index (χ1n) is 10.4. The first-order chi connectivity index (χ1) is 14.8. The van der Waals surface area contributed by atoms with Gasteiger partial charge in [0.1, 0.15) is 22.7 Å². The van der Waals surface area contributed by atoms with Gasteiger partial charge in [-0.05, 0) is 37.3 Å². The average molecular weight is 440 g/mol. The minimum Gasteiger partial charge on any atom is -0.486 e. The highest BCUT2D eigenvalue weighted by molar-refractivity contribution is 6.31. The predicted octanol–water partition coefficient (Wildman–Crippen LogP) is 3.14. The number of likely N-dealkylation sites (tertiary alicyclic amines) is 1. The molecule has 7 nitrogen and oxygen atoms in total. The van der Waals surface area contributed by atoms with E-state index in [2.05, 4.69) is 4.99 Å². The van der Waals surface area contributed by atoms with Gasteiger partial charge in [-0.25, -0.2) is 0 Å². The highest BCUT2D eigenvalue weighted by atomic mass is 35.5. The molecule has 5 rings (SSSR count). The largest absolute Gasteiger partial charge is 0.486 e. The van der Waals surface area contributed by atoms with Crippen molar-refractivity contribution in [2.24, 2.45) is 4.99 Å². The number of ether oxygens (including phenoxy) is 1. The van der Waals surface area contributed by atoms with Gasteiger partial charge in [0.2, 0.25) is 5.91 Å².